The standard InChI is InChI=1S/C12H15NO3S/c1-3-17(15,16)9-8-11-4-6-12(7-5-11)13-10(2)14/h4-9H,3H2,1-2H3,(H,13,14)/b9-8-. The molecular formula is C12H15NO3S. The molecule has 0 aromatic heterocycles. The molecule has 0 aliphatic rings. The van der Waals surface area contributed by atoms with Crippen LogP contribution in [-0.4, -0.2) is 20.1 Å². The van der Waals surface area contributed by atoms with Crippen molar-refractivity contribution in [3.05, 3.63) is 35.2 Å². The van der Waals surface area contributed by atoms with E-state index in [2.05, 4.69) is 5.32 Å². The van der Waals surface area contributed by atoms with E-state index in [0.29, 0.717) is 5.69 Å². The van der Waals surface area contributed by atoms with Crippen LogP contribution in [0.3, 0.4) is 0 Å². The predicted molar refractivity (Wildman–Crippen MR) is 69.2 cm³/mol. The summed E-state index contributed by atoms with van der Waals surface area (Å²) in [6, 6.07) is 6.93. The van der Waals surface area contributed by atoms with Gasteiger partial charge in [0, 0.05) is 18.0 Å². The van der Waals surface area contributed by atoms with Gasteiger partial charge < -0.3 is 5.32 Å². The highest BCUT2D eigenvalue weighted by molar-refractivity contribution is 7.94. The van der Waals surface area contributed by atoms with Gasteiger partial charge in [-0.25, -0.2) is 8.42 Å². The first-order chi connectivity index (χ1) is 7.93. The van der Waals surface area contributed by atoms with Crippen LogP contribution in [0, 0.1) is 0 Å². The fourth-order valence-electron chi connectivity index (χ4n) is 1.16. The van der Waals surface area contributed by atoms with Gasteiger partial charge in [0.05, 0.1) is 5.75 Å². The number of hydrogen-bond donors (Lipinski definition) is 1. The van der Waals surface area contributed by atoms with Crippen LogP contribution >= 0.6 is 0 Å². The third-order valence-electron chi connectivity index (χ3n) is 2.10. The zero-order valence-electron chi connectivity index (χ0n) is 9.80. The molecule has 0 atom stereocenters. The van der Waals surface area contributed by atoms with E-state index in [1.807, 2.05) is 0 Å². The van der Waals surface area contributed by atoms with E-state index in [4.69, 9.17) is 0 Å². The molecule has 0 fully saturated rings. The van der Waals surface area contributed by atoms with E-state index in [0.717, 1.165) is 5.56 Å². The van der Waals surface area contributed by atoms with Gasteiger partial charge in [-0.1, -0.05) is 19.1 Å². The minimum absolute atomic E-state index is 0.0907. The summed E-state index contributed by atoms with van der Waals surface area (Å²) in [6.07, 6.45) is 1.54. The first kappa shape index (κ1) is 13.4. The summed E-state index contributed by atoms with van der Waals surface area (Å²) >= 11 is 0. The number of rotatable bonds is 4. The molecule has 0 saturated heterocycles. The summed E-state index contributed by atoms with van der Waals surface area (Å²) in [5, 5.41) is 3.83. The Morgan fingerprint density at radius 1 is 1.29 bits per heavy atom. The van der Waals surface area contributed by atoms with Gasteiger partial charge in [-0.3, -0.25) is 4.79 Å². The fraction of sp³-hybridized carbons (Fsp3) is 0.250. The van der Waals surface area contributed by atoms with Gasteiger partial charge in [0.25, 0.3) is 0 Å². The molecule has 17 heavy (non-hydrogen) atoms. The van der Waals surface area contributed by atoms with Crippen LogP contribution in [0.25, 0.3) is 6.08 Å². The summed E-state index contributed by atoms with van der Waals surface area (Å²) < 4.78 is 22.5. The second kappa shape index (κ2) is 5.63. The first-order valence-corrected chi connectivity index (χ1v) is 6.93. The van der Waals surface area contributed by atoms with Crippen LogP contribution in [0.2, 0.25) is 0 Å². The molecule has 0 radical (unpaired) electrons. The van der Waals surface area contributed by atoms with Crippen molar-refractivity contribution in [2.24, 2.45) is 0 Å². The molecule has 0 bridgehead atoms. The maximum absolute atomic E-state index is 11.2. The van der Waals surface area contributed by atoms with E-state index in [1.54, 1.807) is 31.2 Å². The summed E-state index contributed by atoms with van der Waals surface area (Å²) in [5.41, 5.74) is 1.46. The number of carbonyl (C=O) groups is 1. The Kier molecular flexibility index (Phi) is 4.45. The largest absolute Gasteiger partial charge is 0.326 e. The highest BCUT2D eigenvalue weighted by atomic mass is 32.2. The molecule has 0 aliphatic carbocycles. The van der Waals surface area contributed by atoms with E-state index in [1.165, 1.54) is 18.4 Å². The van der Waals surface area contributed by atoms with Crippen molar-refractivity contribution >= 4 is 27.5 Å². The quantitative estimate of drug-likeness (QED) is 0.893. The number of hydrogen-bond acceptors (Lipinski definition) is 3. The van der Waals surface area contributed by atoms with Gasteiger partial charge in [0.1, 0.15) is 0 Å². The zero-order valence-corrected chi connectivity index (χ0v) is 10.6. The van der Waals surface area contributed by atoms with E-state index >= 15 is 0 Å². The van der Waals surface area contributed by atoms with E-state index in [9.17, 15) is 13.2 Å². The van der Waals surface area contributed by atoms with Crippen molar-refractivity contribution in [3.8, 4) is 0 Å². The van der Waals surface area contributed by atoms with Crippen molar-refractivity contribution in [1.82, 2.24) is 0 Å². The summed E-state index contributed by atoms with van der Waals surface area (Å²) in [4.78, 5) is 10.8. The first-order valence-electron chi connectivity index (χ1n) is 5.21. The Bertz CT molecular complexity index is 515. The van der Waals surface area contributed by atoms with Crippen molar-refractivity contribution in [2.75, 3.05) is 11.1 Å². The third kappa shape index (κ3) is 4.82. The molecule has 4 nitrogen and oxygen atoms in total. The lowest BCUT2D eigenvalue weighted by Gasteiger charge is -2.01. The number of benzene rings is 1. The van der Waals surface area contributed by atoms with Crippen molar-refractivity contribution < 1.29 is 13.2 Å². The van der Waals surface area contributed by atoms with Gasteiger partial charge in [-0.2, -0.15) is 0 Å². The minimum Gasteiger partial charge on any atom is -0.326 e. The number of nitrogens with one attached hydrogen (secondary N) is 1. The Balaban J connectivity index is 2.79. The van der Waals surface area contributed by atoms with Gasteiger partial charge >= 0.3 is 0 Å². The third-order valence-corrected chi connectivity index (χ3v) is 3.46. The molecule has 1 aromatic rings. The molecule has 5 heteroatoms. The second-order valence-corrected chi connectivity index (χ2v) is 5.73. The molecule has 0 aliphatic heterocycles. The van der Waals surface area contributed by atoms with Gasteiger partial charge in [0.15, 0.2) is 9.84 Å². The van der Waals surface area contributed by atoms with Crippen LogP contribution in [-0.2, 0) is 14.6 Å². The lowest BCUT2D eigenvalue weighted by molar-refractivity contribution is -0.114. The normalized spacial score (nSPS) is 11.6. The van der Waals surface area contributed by atoms with E-state index < -0.39 is 9.84 Å². The molecule has 0 saturated carbocycles. The SMILES string of the molecule is CCS(=O)(=O)/C=C\c1ccc(NC(C)=O)cc1. The fourth-order valence-corrected chi connectivity index (χ4v) is 1.72. The van der Waals surface area contributed by atoms with Gasteiger partial charge in [-0.05, 0) is 23.8 Å². The average Bonchev–Trinajstić information content (AvgIpc) is 2.28. The van der Waals surface area contributed by atoms with Crippen molar-refractivity contribution in [1.29, 1.82) is 0 Å². The molecular weight excluding hydrogens is 238 g/mol. The molecule has 0 heterocycles. The summed E-state index contributed by atoms with van der Waals surface area (Å²) in [5.74, 6) is -0.0464. The highest BCUT2D eigenvalue weighted by Crippen LogP contribution is 2.11. The molecule has 0 unspecified atom stereocenters. The molecule has 1 amide bonds. The maximum Gasteiger partial charge on any atom is 0.221 e. The number of sulfone groups is 1. The molecule has 92 valence electrons. The summed E-state index contributed by atoms with van der Waals surface area (Å²) in [6.45, 7) is 3.03. The predicted octanol–water partition coefficient (Wildman–Crippen LogP) is 2.05. The van der Waals surface area contributed by atoms with Crippen molar-refractivity contribution in [2.45, 2.75) is 13.8 Å². The van der Waals surface area contributed by atoms with Crippen LogP contribution < -0.4 is 5.32 Å². The summed E-state index contributed by atoms with van der Waals surface area (Å²) in [7, 11) is -3.10. The van der Waals surface area contributed by atoms with Crippen LogP contribution in [0.1, 0.15) is 19.4 Å². The molecule has 1 N–H and O–H groups in total. The van der Waals surface area contributed by atoms with Crippen LogP contribution in [0.15, 0.2) is 29.7 Å². The Labute approximate surface area is 101 Å². The molecule has 0 spiro atoms. The molecule has 1 rings (SSSR count). The Morgan fingerprint density at radius 3 is 2.35 bits per heavy atom. The Morgan fingerprint density at radius 2 is 1.88 bits per heavy atom. The lowest BCUT2D eigenvalue weighted by atomic mass is 10.2. The van der Waals surface area contributed by atoms with Gasteiger partial charge in [-0.15, -0.1) is 0 Å². The van der Waals surface area contributed by atoms with Crippen LogP contribution in [0.5, 0.6) is 0 Å². The van der Waals surface area contributed by atoms with E-state index in [-0.39, 0.29) is 11.7 Å². The number of amides is 1. The lowest BCUT2D eigenvalue weighted by Crippen LogP contribution is -2.05. The monoisotopic (exact) mass is 253 g/mol. The smallest absolute Gasteiger partial charge is 0.221 e. The number of anilines is 1. The Hall–Kier alpha value is -1.62. The molecule has 1 aromatic carbocycles. The van der Waals surface area contributed by atoms with Crippen molar-refractivity contribution in [3.63, 3.8) is 0 Å². The average molecular weight is 253 g/mol. The highest BCUT2D eigenvalue weighted by Gasteiger charge is 2.00. The maximum atomic E-state index is 11.2. The second-order valence-electron chi connectivity index (χ2n) is 3.56. The van der Waals surface area contributed by atoms with Gasteiger partial charge in [0.2, 0.25) is 5.91 Å². The van der Waals surface area contributed by atoms with Crippen LogP contribution in [0.4, 0.5) is 5.69 Å². The minimum atomic E-state index is -3.10. The number of carbonyl (C=O) groups excluding carboxylic acids is 1. The topological polar surface area (TPSA) is 63.2 Å². The zero-order chi connectivity index (χ0) is 12.9.